The minimum absolute atomic E-state index is 0.317. The molecule has 1 aromatic rings. The smallest absolute Gasteiger partial charge is 0.338 e. The average Bonchev–Trinajstić information content (AvgIpc) is 2.19. The number of rotatable bonds is 2. The lowest BCUT2D eigenvalue weighted by Gasteiger charge is -2.08. The van der Waals surface area contributed by atoms with Crippen molar-refractivity contribution < 1.29 is 14.3 Å². The van der Waals surface area contributed by atoms with Crippen LogP contribution in [0, 0.1) is 10.5 Å². The lowest BCUT2D eigenvalue weighted by molar-refractivity contribution is 0.0600. The second kappa shape index (κ2) is 4.63. The monoisotopic (exact) mass is 306 g/mol. The Bertz CT molecular complexity index is 361. The van der Waals surface area contributed by atoms with Gasteiger partial charge in [-0.05, 0) is 47.2 Å². The van der Waals surface area contributed by atoms with Crippen molar-refractivity contribution in [3.63, 3.8) is 0 Å². The molecule has 4 heteroatoms. The minimum atomic E-state index is -0.317. The van der Waals surface area contributed by atoms with Gasteiger partial charge in [-0.3, -0.25) is 0 Å². The van der Waals surface area contributed by atoms with Gasteiger partial charge in [-0.15, -0.1) is 0 Å². The highest BCUT2D eigenvalue weighted by Gasteiger charge is 2.12. The van der Waals surface area contributed by atoms with E-state index < -0.39 is 0 Å². The van der Waals surface area contributed by atoms with Crippen LogP contribution >= 0.6 is 22.6 Å². The Balaban J connectivity index is 3.21. The molecule has 0 unspecified atom stereocenters. The molecule has 3 nitrogen and oxygen atoms in total. The summed E-state index contributed by atoms with van der Waals surface area (Å²) < 4.78 is 10.7. The molecule has 0 heterocycles. The van der Waals surface area contributed by atoms with Crippen molar-refractivity contribution in [2.75, 3.05) is 14.2 Å². The molecule has 0 aromatic heterocycles. The Morgan fingerprint density at radius 3 is 2.50 bits per heavy atom. The topological polar surface area (TPSA) is 35.5 Å². The first kappa shape index (κ1) is 11.3. The molecule has 0 radical (unpaired) electrons. The summed E-state index contributed by atoms with van der Waals surface area (Å²) in [6.45, 7) is 1.85. The molecule has 0 N–H and O–H groups in total. The third-order valence-electron chi connectivity index (χ3n) is 1.90. The number of hydrogen-bond donors (Lipinski definition) is 0. The SMILES string of the molecule is COC(=O)c1cc(I)c(OC)cc1C. The molecule has 0 aliphatic carbocycles. The molecule has 0 spiro atoms. The van der Waals surface area contributed by atoms with E-state index in [1.54, 1.807) is 13.2 Å². The third kappa shape index (κ3) is 2.17. The molecule has 0 fully saturated rings. The van der Waals surface area contributed by atoms with Crippen LogP contribution in [0.25, 0.3) is 0 Å². The number of esters is 1. The van der Waals surface area contributed by atoms with E-state index in [2.05, 4.69) is 27.3 Å². The highest BCUT2D eigenvalue weighted by molar-refractivity contribution is 14.1. The van der Waals surface area contributed by atoms with Crippen molar-refractivity contribution in [1.29, 1.82) is 0 Å². The number of benzene rings is 1. The molecule has 0 aliphatic rings. The van der Waals surface area contributed by atoms with Crippen LogP contribution in [0.4, 0.5) is 0 Å². The van der Waals surface area contributed by atoms with E-state index in [-0.39, 0.29) is 5.97 Å². The van der Waals surface area contributed by atoms with Gasteiger partial charge < -0.3 is 9.47 Å². The number of halogens is 1. The zero-order valence-corrected chi connectivity index (χ0v) is 10.4. The summed E-state index contributed by atoms with van der Waals surface area (Å²) in [4.78, 5) is 11.3. The van der Waals surface area contributed by atoms with E-state index in [1.165, 1.54) is 7.11 Å². The van der Waals surface area contributed by atoms with Crippen LogP contribution in [0.5, 0.6) is 5.75 Å². The maximum Gasteiger partial charge on any atom is 0.338 e. The molecule has 0 saturated carbocycles. The number of carbonyl (C=O) groups excluding carboxylic acids is 1. The minimum Gasteiger partial charge on any atom is -0.496 e. The molecule has 0 atom stereocenters. The Hall–Kier alpha value is -0.780. The fraction of sp³-hybridized carbons (Fsp3) is 0.300. The van der Waals surface area contributed by atoms with Gasteiger partial charge in [0.05, 0.1) is 23.4 Å². The molecule has 0 saturated heterocycles. The van der Waals surface area contributed by atoms with Crippen LogP contribution < -0.4 is 4.74 Å². The molecule has 0 aliphatic heterocycles. The van der Waals surface area contributed by atoms with Crippen LogP contribution in [-0.4, -0.2) is 20.2 Å². The van der Waals surface area contributed by atoms with E-state index in [4.69, 9.17) is 4.74 Å². The van der Waals surface area contributed by atoms with E-state index in [0.29, 0.717) is 5.56 Å². The zero-order valence-electron chi connectivity index (χ0n) is 8.26. The van der Waals surface area contributed by atoms with Crippen LogP contribution in [0.2, 0.25) is 0 Å². The highest BCUT2D eigenvalue weighted by atomic mass is 127. The third-order valence-corrected chi connectivity index (χ3v) is 2.75. The first-order chi connectivity index (χ1) is 6.60. The molecule has 0 bridgehead atoms. The number of carbonyl (C=O) groups is 1. The first-order valence-electron chi connectivity index (χ1n) is 4.02. The molecule has 76 valence electrons. The molecule has 1 rings (SSSR count). The van der Waals surface area contributed by atoms with Gasteiger partial charge in [0.15, 0.2) is 0 Å². The Morgan fingerprint density at radius 1 is 1.36 bits per heavy atom. The van der Waals surface area contributed by atoms with Crippen LogP contribution in [0.15, 0.2) is 12.1 Å². The van der Waals surface area contributed by atoms with Crippen LogP contribution in [0.3, 0.4) is 0 Å². The maximum atomic E-state index is 11.3. The Labute approximate surface area is 96.5 Å². The number of aryl methyl sites for hydroxylation is 1. The predicted octanol–water partition coefficient (Wildman–Crippen LogP) is 2.39. The number of methoxy groups -OCH3 is 2. The summed E-state index contributed by atoms with van der Waals surface area (Å²) in [5.74, 6) is 0.457. The second-order valence-electron chi connectivity index (χ2n) is 2.79. The summed E-state index contributed by atoms with van der Waals surface area (Å²) in [5, 5.41) is 0. The lowest BCUT2D eigenvalue weighted by atomic mass is 10.1. The molecular weight excluding hydrogens is 295 g/mol. The van der Waals surface area contributed by atoms with E-state index in [9.17, 15) is 4.79 Å². The average molecular weight is 306 g/mol. The lowest BCUT2D eigenvalue weighted by Crippen LogP contribution is -2.04. The maximum absolute atomic E-state index is 11.3. The zero-order chi connectivity index (χ0) is 10.7. The summed E-state index contributed by atoms with van der Waals surface area (Å²) in [7, 11) is 2.98. The van der Waals surface area contributed by atoms with Crippen molar-refractivity contribution in [2.45, 2.75) is 6.92 Å². The second-order valence-corrected chi connectivity index (χ2v) is 3.96. The summed E-state index contributed by atoms with van der Waals surface area (Å²) in [6, 6.07) is 3.59. The van der Waals surface area contributed by atoms with E-state index in [1.807, 2.05) is 13.0 Å². The van der Waals surface area contributed by atoms with Gasteiger partial charge in [-0.2, -0.15) is 0 Å². The summed E-state index contributed by atoms with van der Waals surface area (Å²) in [6.07, 6.45) is 0. The van der Waals surface area contributed by atoms with Gasteiger partial charge in [0.1, 0.15) is 5.75 Å². The van der Waals surface area contributed by atoms with Gasteiger partial charge >= 0.3 is 5.97 Å². The fourth-order valence-corrected chi connectivity index (χ4v) is 1.83. The van der Waals surface area contributed by atoms with E-state index in [0.717, 1.165) is 14.9 Å². The van der Waals surface area contributed by atoms with Crippen molar-refractivity contribution in [3.8, 4) is 5.75 Å². The normalized spacial score (nSPS) is 9.71. The highest BCUT2D eigenvalue weighted by Crippen LogP contribution is 2.25. The van der Waals surface area contributed by atoms with Gasteiger partial charge in [0.25, 0.3) is 0 Å². The van der Waals surface area contributed by atoms with Crippen molar-refractivity contribution in [2.24, 2.45) is 0 Å². The van der Waals surface area contributed by atoms with Crippen molar-refractivity contribution in [1.82, 2.24) is 0 Å². The predicted molar refractivity (Wildman–Crippen MR) is 61.8 cm³/mol. The fourth-order valence-electron chi connectivity index (χ4n) is 1.14. The van der Waals surface area contributed by atoms with E-state index >= 15 is 0 Å². The first-order valence-corrected chi connectivity index (χ1v) is 5.10. The van der Waals surface area contributed by atoms with Crippen LogP contribution in [-0.2, 0) is 4.74 Å². The standard InChI is InChI=1S/C10H11IO3/c1-6-4-9(13-2)8(11)5-7(6)10(12)14-3/h4-5H,1-3H3. The number of hydrogen-bond acceptors (Lipinski definition) is 3. The Kier molecular flexibility index (Phi) is 3.74. The molecular formula is C10H11IO3. The van der Waals surface area contributed by atoms with Gasteiger partial charge in [0, 0.05) is 0 Å². The van der Waals surface area contributed by atoms with Crippen molar-refractivity contribution in [3.05, 3.63) is 26.8 Å². The van der Waals surface area contributed by atoms with Gasteiger partial charge in [-0.1, -0.05) is 0 Å². The summed E-state index contributed by atoms with van der Waals surface area (Å²) in [5.41, 5.74) is 1.44. The molecule has 14 heavy (non-hydrogen) atoms. The molecule has 0 amide bonds. The molecule has 1 aromatic carbocycles. The summed E-state index contributed by atoms with van der Waals surface area (Å²) >= 11 is 2.12. The quantitative estimate of drug-likeness (QED) is 0.622. The number of ether oxygens (including phenoxy) is 2. The largest absolute Gasteiger partial charge is 0.496 e. The van der Waals surface area contributed by atoms with Crippen molar-refractivity contribution >= 4 is 28.6 Å². The van der Waals surface area contributed by atoms with Gasteiger partial charge in [-0.25, -0.2) is 4.79 Å². The Morgan fingerprint density at radius 2 is 2.00 bits per heavy atom. The van der Waals surface area contributed by atoms with Gasteiger partial charge in [0.2, 0.25) is 0 Å². The van der Waals surface area contributed by atoms with Crippen LogP contribution in [0.1, 0.15) is 15.9 Å².